The first-order chi connectivity index (χ1) is 9.46. The smallest absolute Gasteiger partial charge is 0.186 e. The molecule has 0 amide bonds. The molecule has 2 heteroatoms. The normalized spacial score (nSPS) is 17.6. The molecule has 0 saturated carbocycles. The van der Waals surface area contributed by atoms with Gasteiger partial charge < -0.3 is 0 Å². The Hall–Kier alpha value is -0.890. The molecule has 21 heavy (non-hydrogen) atoms. The van der Waals surface area contributed by atoms with Gasteiger partial charge in [-0.2, -0.15) is 0 Å². The molecule has 0 aromatic rings. The van der Waals surface area contributed by atoms with Crippen LogP contribution in [0.25, 0.3) is 0 Å². The van der Waals surface area contributed by atoms with Crippen LogP contribution in [-0.4, -0.2) is 11.1 Å². The molecule has 1 aliphatic carbocycles. The predicted molar refractivity (Wildman–Crippen MR) is 95.7 cm³/mol. The lowest BCUT2D eigenvalue weighted by Gasteiger charge is -2.31. The van der Waals surface area contributed by atoms with Crippen LogP contribution in [0.4, 0.5) is 0 Å². The minimum absolute atomic E-state index is 0.144. The molecule has 0 spiro atoms. The second-order valence-corrected chi connectivity index (χ2v) is 8.32. The zero-order valence-corrected chi connectivity index (χ0v) is 15.9. The highest BCUT2D eigenvalue weighted by Crippen LogP contribution is 2.38. The summed E-state index contributed by atoms with van der Waals surface area (Å²) >= 11 is 3.45. The summed E-state index contributed by atoms with van der Waals surface area (Å²) in [5, 5.41) is 0.862. The molecule has 0 unspecified atom stereocenters. The molecule has 1 rings (SSSR count). The first kappa shape index (κ1) is 18.2. The van der Waals surface area contributed by atoms with E-state index in [-0.39, 0.29) is 16.6 Å². The van der Waals surface area contributed by atoms with Gasteiger partial charge in [-0.05, 0) is 35.5 Å². The Morgan fingerprint density at radius 3 is 1.81 bits per heavy atom. The van der Waals surface area contributed by atoms with Gasteiger partial charge in [0.2, 0.25) is 0 Å². The van der Waals surface area contributed by atoms with Crippen molar-refractivity contribution in [1.82, 2.24) is 0 Å². The molecule has 0 atom stereocenters. The fraction of sp³-hybridized carbons (Fsp3) is 0.526. The summed E-state index contributed by atoms with van der Waals surface area (Å²) in [5.74, 6) is 0.188. The summed E-state index contributed by atoms with van der Waals surface area (Å²) in [5.41, 5.74) is 3.86. The van der Waals surface area contributed by atoms with E-state index < -0.39 is 0 Å². The maximum atomic E-state index is 12.8. The maximum absolute atomic E-state index is 12.8. The number of hydrogen-bond donors (Lipinski definition) is 0. The van der Waals surface area contributed by atoms with E-state index in [9.17, 15) is 4.79 Å². The molecular formula is C19H27BrO. The Bertz CT molecular complexity index is 507. The molecule has 0 aliphatic heterocycles. The molecule has 0 radical (unpaired) electrons. The van der Waals surface area contributed by atoms with E-state index in [2.05, 4.69) is 76.5 Å². The van der Waals surface area contributed by atoms with Crippen molar-refractivity contribution in [2.45, 2.75) is 48.5 Å². The number of ketones is 1. The number of halogens is 1. The zero-order valence-electron chi connectivity index (χ0n) is 14.3. The van der Waals surface area contributed by atoms with Crippen LogP contribution in [0.3, 0.4) is 0 Å². The number of rotatable bonds is 2. The standard InChI is InChI=1S/C19H27BrO/c1-13(12-20)8-9-14-10-15(18(2,3)4)17(21)16(11-14)19(5,6)7/h8-11H,12H2,1-7H3. The average molecular weight is 351 g/mol. The van der Waals surface area contributed by atoms with Crippen molar-refractivity contribution in [3.05, 3.63) is 46.6 Å². The fourth-order valence-electron chi connectivity index (χ4n) is 2.14. The van der Waals surface area contributed by atoms with Crippen LogP contribution in [0.5, 0.6) is 0 Å². The third-order valence-electron chi connectivity index (χ3n) is 3.50. The highest BCUT2D eigenvalue weighted by molar-refractivity contribution is 9.09. The Balaban J connectivity index is 3.39. The van der Waals surface area contributed by atoms with E-state index >= 15 is 0 Å². The Morgan fingerprint density at radius 1 is 1.05 bits per heavy atom. The van der Waals surface area contributed by atoms with Crippen molar-refractivity contribution >= 4 is 21.7 Å². The topological polar surface area (TPSA) is 17.1 Å². The van der Waals surface area contributed by atoms with Crippen LogP contribution in [0.1, 0.15) is 48.5 Å². The lowest BCUT2D eigenvalue weighted by atomic mass is 9.72. The van der Waals surface area contributed by atoms with E-state index in [0.29, 0.717) is 0 Å². The Morgan fingerprint density at radius 2 is 1.48 bits per heavy atom. The van der Waals surface area contributed by atoms with Gasteiger partial charge in [0.25, 0.3) is 0 Å². The fourth-order valence-corrected chi connectivity index (χ4v) is 2.33. The van der Waals surface area contributed by atoms with Gasteiger partial charge in [0.1, 0.15) is 0 Å². The monoisotopic (exact) mass is 350 g/mol. The minimum atomic E-state index is -0.144. The largest absolute Gasteiger partial charge is 0.289 e. The summed E-state index contributed by atoms with van der Waals surface area (Å²) in [6, 6.07) is 0. The van der Waals surface area contributed by atoms with Gasteiger partial charge in [-0.25, -0.2) is 0 Å². The van der Waals surface area contributed by atoms with E-state index in [1.165, 1.54) is 5.57 Å². The predicted octanol–water partition coefficient (Wildman–Crippen LogP) is 5.78. The lowest BCUT2D eigenvalue weighted by molar-refractivity contribution is -0.114. The van der Waals surface area contributed by atoms with Gasteiger partial charge in [0.15, 0.2) is 5.78 Å². The second kappa shape index (κ2) is 6.48. The third kappa shape index (κ3) is 4.81. The average Bonchev–Trinajstić information content (AvgIpc) is 2.34. The van der Waals surface area contributed by atoms with Crippen molar-refractivity contribution in [2.75, 3.05) is 5.33 Å². The molecule has 1 nitrogen and oxygen atoms in total. The van der Waals surface area contributed by atoms with Crippen LogP contribution in [0, 0.1) is 10.8 Å². The molecule has 0 fully saturated rings. The first-order valence-electron chi connectivity index (χ1n) is 7.39. The van der Waals surface area contributed by atoms with Gasteiger partial charge >= 0.3 is 0 Å². The molecule has 0 heterocycles. The second-order valence-electron chi connectivity index (χ2n) is 7.76. The number of hydrogen-bond acceptors (Lipinski definition) is 1. The first-order valence-corrected chi connectivity index (χ1v) is 8.51. The van der Waals surface area contributed by atoms with Crippen LogP contribution in [0.2, 0.25) is 0 Å². The number of carbonyl (C=O) groups excluding carboxylic acids is 1. The molecule has 0 saturated heterocycles. The highest BCUT2D eigenvalue weighted by Gasteiger charge is 2.33. The summed E-state index contributed by atoms with van der Waals surface area (Å²) in [4.78, 5) is 12.8. The van der Waals surface area contributed by atoms with Crippen molar-refractivity contribution in [3.63, 3.8) is 0 Å². The number of alkyl halides is 1. The summed E-state index contributed by atoms with van der Waals surface area (Å²) in [6.07, 6.45) is 8.28. The molecule has 0 aromatic carbocycles. The van der Waals surface area contributed by atoms with Gasteiger partial charge in [-0.3, -0.25) is 4.79 Å². The zero-order chi connectivity index (χ0) is 16.4. The van der Waals surface area contributed by atoms with E-state index in [4.69, 9.17) is 0 Å². The number of allylic oxidation sites excluding steroid dienone is 8. The highest BCUT2D eigenvalue weighted by atomic mass is 79.9. The quantitative estimate of drug-likeness (QED) is 0.576. The van der Waals surface area contributed by atoms with Crippen molar-refractivity contribution in [1.29, 1.82) is 0 Å². The van der Waals surface area contributed by atoms with Crippen molar-refractivity contribution < 1.29 is 4.79 Å². The maximum Gasteiger partial charge on any atom is 0.186 e. The summed E-state index contributed by atoms with van der Waals surface area (Å²) in [7, 11) is 0. The van der Waals surface area contributed by atoms with E-state index in [1.54, 1.807) is 0 Å². The summed E-state index contributed by atoms with van der Waals surface area (Å²) in [6.45, 7) is 14.7. The van der Waals surface area contributed by atoms with Crippen molar-refractivity contribution in [3.8, 4) is 0 Å². The molecule has 0 N–H and O–H groups in total. The van der Waals surface area contributed by atoms with Gasteiger partial charge in [-0.1, -0.05) is 75.2 Å². The Kier molecular flexibility index (Phi) is 5.60. The molecule has 1 aliphatic rings. The van der Waals surface area contributed by atoms with Gasteiger partial charge in [-0.15, -0.1) is 0 Å². The number of carbonyl (C=O) groups is 1. The van der Waals surface area contributed by atoms with Crippen LogP contribution >= 0.6 is 15.9 Å². The molecule has 0 aromatic heterocycles. The minimum Gasteiger partial charge on any atom is -0.289 e. The van der Waals surface area contributed by atoms with Crippen molar-refractivity contribution in [2.24, 2.45) is 10.8 Å². The molecule has 0 bridgehead atoms. The van der Waals surface area contributed by atoms with E-state index in [1.807, 2.05) is 12.2 Å². The van der Waals surface area contributed by atoms with Crippen LogP contribution in [0.15, 0.2) is 46.6 Å². The van der Waals surface area contributed by atoms with Crippen LogP contribution in [-0.2, 0) is 4.79 Å². The summed E-state index contributed by atoms with van der Waals surface area (Å²) < 4.78 is 0. The van der Waals surface area contributed by atoms with E-state index in [0.717, 1.165) is 22.0 Å². The molecule has 116 valence electrons. The van der Waals surface area contributed by atoms with Crippen LogP contribution < -0.4 is 0 Å². The SMILES string of the molecule is CC(=CC=C1C=C(C(C)(C)C)C(=O)C(C(C)(C)C)=C1)CBr. The lowest BCUT2D eigenvalue weighted by Crippen LogP contribution is -2.27. The Labute approximate surface area is 138 Å². The van der Waals surface area contributed by atoms with Gasteiger partial charge in [0, 0.05) is 16.5 Å². The third-order valence-corrected chi connectivity index (χ3v) is 4.38. The molecular weight excluding hydrogens is 324 g/mol. The van der Waals surface area contributed by atoms with Gasteiger partial charge in [0.05, 0.1) is 0 Å². The number of Topliss-reactive ketones (excluding diaryl/α,β-unsaturated/α-hetero) is 1.